The molecule has 19 heavy (non-hydrogen) atoms. The minimum Gasteiger partial charge on any atom is -0.319 e. The third-order valence-electron chi connectivity index (χ3n) is 2.86. The summed E-state index contributed by atoms with van der Waals surface area (Å²) in [5, 5.41) is 13.3. The largest absolute Gasteiger partial charge is 0.319 e. The molecule has 0 fully saturated rings. The number of nitrogens with zero attached hydrogens (tertiary/aromatic N) is 2. The Morgan fingerprint density at radius 1 is 1.37 bits per heavy atom. The highest BCUT2D eigenvalue weighted by Crippen LogP contribution is 2.30. The predicted octanol–water partition coefficient (Wildman–Crippen LogP) is 0.720. The summed E-state index contributed by atoms with van der Waals surface area (Å²) in [7, 11) is 3.66. The molecule has 0 atom stereocenters. The van der Waals surface area contributed by atoms with Crippen LogP contribution in [-0.4, -0.2) is 35.6 Å². The molecule has 7 nitrogen and oxygen atoms in total. The Balaban J connectivity index is 2.55. The average Bonchev–Trinajstić information content (AvgIpc) is 2.30. The molecule has 1 aliphatic rings. The standard InChI is InChI=1S/C12H13N3O4/c1-14(2)6-7-3-8(15(18)19)4-10-9(7)5-11(16)12(17)13-10/h3-4H,5-6H2,1-2H3,(H,13,17). The van der Waals surface area contributed by atoms with Gasteiger partial charge >= 0.3 is 0 Å². The average molecular weight is 263 g/mol. The molecule has 1 aromatic rings. The molecular weight excluding hydrogens is 250 g/mol. The van der Waals surface area contributed by atoms with E-state index in [1.54, 1.807) is 0 Å². The van der Waals surface area contributed by atoms with Crippen molar-refractivity contribution in [1.29, 1.82) is 0 Å². The Kier molecular flexibility index (Phi) is 3.30. The maximum absolute atomic E-state index is 11.5. The summed E-state index contributed by atoms with van der Waals surface area (Å²) in [5.74, 6) is -1.25. The van der Waals surface area contributed by atoms with Crippen LogP contribution >= 0.6 is 0 Å². The van der Waals surface area contributed by atoms with E-state index in [4.69, 9.17) is 0 Å². The van der Waals surface area contributed by atoms with Gasteiger partial charge in [0.1, 0.15) is 0 Å². The van der Waals surface area contributed by atoms with Gasteiger partial charge in [-0.3, -0.25) is 19.7 Å². The molecule has 0 saturated heterocycles. The number of fused-ring (bicyclic) bond motifs is 1. The second kappa shape index (κ2) is 4.77. The van der Waals surface area contributed by atoms with Gasteiger partial charge in [-0.25, -0.2) is 0 Å². The number of benzene rings is 1. The smallest absolute Gasteiger partial charge is 0.292 e. The summed E-state index contributed by atoms with van der Waals surface area (Å²) in [6.07, 6.45) is -0.0116. The number of hydrogen-bond donors (Lipinski definition) is 1. The molecule has 0 radical (unpaired) electrons. The van der Waals surface area contributed by atoms with Gasteiger partial charge in [-0.1, -0.05) is 0 Å². The molecule has 1 aromatic carbocycles. The van der Waals surface area contributed by atoms with E-state index in [0.717, 1.165) is 0 Å². The summed E-state index contributed by atoms with van der Waals surface area (Å²) in [6, 6.07) is 2.74. The number of anilines is 1. The van der Waals surface area contributed by atoms with Gasteiger partial charge in [-0.2, -0.15) is 0 Å². The third-order valence-corrected chi connectivity index (χ3v) is 2.86. The molecule has 1 amide bonds. The van der Waals surface area contributed by atoms with Crippen LogP contribution in [0.25, 0.3) is 0 Å². The Morgan fingerprint density at radius 2 is 2.05 bits per heavy atom. The van der Waals surface area contributed by atoms with E-state index in [1.165, 1.54) is 12.1 Å². The maximum atomic E-state index is 11.5. The number of nitro groups is 1. The molecule has 2 rings (SSSR count). The van der Waals surface area contributed by atoms with Crippen LogP contribution in [0.5, 0.6) is 0 Å². The lowest BCUT2D eigenvalue weighted by molar-refractivity contribution is -0.384. The van der Waals surface area contributed by atoms with Crippen molar-refractivity contribution in [3.05, 3.63) is 33.4 Å². The number of Topliss-reactive ketones (excluding diaryl/α,β-unsaturated/α-hetero) is 1. The van der Waals surface area contributed by atoms with Crippen molar-refractivity contribution < 1.29 is 14.5 Å². The molecule has 0 saturated carbocycles. The minimum absolute atomic E-state index is 0.0116. The first-order valence-corrected chi connectivity index (χ1v) is 5.67. The zero-order valence-corrected chi connectivity index (χ0v) is 10.6. The molecular formula is C12H13N3O4. The van der Waals surface area contributed by atoms with Crippen molar-refractivity contribution in [2.75, 3.05) is 19.4 Å². The summed E-state index contributed by atoms with van der Waals surface area (Å²) >= 11 is 0. The summed E-state index contributed by atoms with van der Waals surface area (Å²) in [6.45, 7) is 0.465. The topological polar surface area (TPSA) is 92.5 Å². The van der Waals surface area contributed by atoms with Gasteiger partial charge in [0.15, 0.2) is 0 Å². The number of hydrogen-bond acceptors (Lipinski definition) is 5. The van der Waals surface area contributed by atoms with Gasteiger partial charge in [0.25, 0.3) is 11.6 Å². The van der Waals surface area contributed by atoms with Crippen LogP contribution < -0.4 is 5.32 Å². The fraction of sp³-hybridized carbons (Fsp3) is 0.333. The maximum Gasteiger partial charge on any atom is 0.292 e. The number of carbonyl (C=O) groups excluding carboxylic acids is 2. The van der Waals surface area contributed by atoms with Crippen molar-refractivity contribution in [2.45, 2.75) is 13.0 Å². The van der Waals surface area contributed by atoms with Crippen LogP contribution in [0.2, 0.25) is 0 Å². The van der Waals surface area contributed by atoms with E-state index in [9.17, 15) is 19.7 Å². The van der Waals surface area contributed by atoms with Gasteiger partial charge in [0, 0.05) is 25.1 Å². The number of ketones is 1. The first-order chi connectivity index (χ1) is 8.88. The number of nitrogens with one attached hydrogen (secondary N) is 1. The van der Waals surface area contributed by atoms with Crippen LogP contribution in [0.15, 0.2) is 12.1 Å². The van der Waals surface area contributed by atoms with Gasteiger partial charge in [0.05, 0.1) is 10.6 Å². The van der Waals surface area contributed by atoms with Crippen LogP contribution in [0.3, 0.4) is 0 Å². The van der Waals surface area contributed by atoms with Gasteiger partial charge in [-0.15, -0.1) is 0 Å². The minimum atomic E-state index is -0.719. The van der Waals surface area contributed by atoms with E-state index in [1.807, 2.05) is 19.0 Å². The highest BCUT2D eigenvalue weighted by Gasteiger charge is 2.27. The van der Waals surface area contributed by atoms with Gasteiger partial charge < -0.3 is 10.2 Å². The normalized spacial score (nSPS) is 14.3. The molecule has 7 heteroatoms. The van der Waals surface area contributed by atoms with Crippen molar-refractivity contribution in [3.63, 3.8) is 0 Å². The van der Waals surface area contributed by atoms with E-state index >= 15 is 0 Å². The van der Waals surface area contributed by atoms with Crippen molar-refractivity contribution in [3.8, 4) is 0 Å². The van der Waals surface area contributed by atoms with Crippen molar-refractivity contribution >= 4 is 23.1 Å². The van der Waals surface area contributed by atoms with Crippen LogP contribution in [0, 0.1) is 10.1 Å². The number of amides is 1. The van der Waals surface area contributed by atoms with Crippen molar-refractivity contribution in [2.24, 2.45) is 0 Å². The molecule has 0 aromatic heterocycles. The fourth-order valence-corrected chi connectivity index (χ4v) is 2.06. The molecule has 0 unspecified atom stereocenters. The molecule has 0 spiro atoms. The van der Waals surface area contributed by atoms with E-state index in [2.05, 4.69) is 5.32 Å². The number of nitro benzene ring substituents is 1. The summed E-state index contributed by atoms with van der Waals surface area (Å²) in [4.78, 5) is 35.0. The summed E-state index contributed by atoms with van der Waals surface area (Å²) < 4.78 is 0. The molecule has 1 N–H and O–H groups in total. The van der Waals surface area contributed by atoms with Gasteiger partial charge in [0.2, 0.25) is 5.78 Å². The quantitative estimate of drug-likeness (QED) is 0.492. The second-order valence-electron chi connectivity index (χ2n) is 4.68. The molecule has 100 valence electrons. The molecule has 1 heterocycles. The van der Waals surface area contributed by atoms with E-state index < -0.39 is 16.6 Å². The number of non-ortho nitro benzene ring substituents is 1. The fourth-order valence-electron chi connectivity index (χ4n) is 2.06. The first kappa shape index (κ1) is 13.2. The van der Waals surface area contributed by atoms with Crippen LogP contribution in [0.4, 0.5) is 11.4 Å². The van der Waals surface area contributed by atoms with Crippen molar-refractivity contribution in [1.82, 2.24) is 4.90 Å². The first-order valence-electron chi connectivity index (χ1n) is 5.67. The van der Waals surface area contributed by atoms with Crippen LogP contribution in [-0.2, 0) is 22.6 Å². The SMILES string of the molecule is CN(C)Cc1cc([N+](=O)[O-])cc2c1CC(=O)C(=O)N2. The Hall–Kier alpha value is -2.28. The zero-order chi connectivity index (χ0) is 14.2. The van der Waals surface area contributed by atoms with Gasteiger partial charge in [-0.05, 0) is 25.2 Å². The number of rotatable bonds is 3. The Bertz CT molecular complexity index is 581. The van der Waals surface area contributed by atoms with E-state index in [-0.39, 0.29) is 12.1 Å². The lowest BCUT2D eigenvalue weighted by Crippen LogP contribution is -2.31. The summed E-state index contributed by atoms with van der Waals surface area (Å²) in [5.41, 5.74) is 1.60. The number of carbonyl (C=O) groups is 2. The lowest BCUT2D eigenvalue weighted by atomic mass is 9.95. The predicted molar refractivity (Wildman–Crippen MR) is 67.8 cm³/mol. The highest BCUT2D eigenvalue weighted by atomic mass is 16.6. The zero-order valence-electron chi connectivity index (χ0n) is 10.6. The third kappa shape index (κ3) is 2.60. The Labute approximate surface area is 109 Å². The van der Waals surface area contributed by atoms with Crippen LogP contribution in [0.1, 0.15) is 11.1 Å². The Morgan fingerprint density at radius 3 is 2.63 bits per heavy atom. The lowest BCUT2D eigenvalue weighted by Gasteiger charge is -2.20. The monoisotopic (exact) mass is 263 g/mol. The van der Waals surface area contributed by atoms with E-state index in [0.29, 0.717) is 23.4 Å². The highest BCUT2D eigenvalue weighted by molar-refractivity contribution is 6.42. The molecule has 0 aliphatic carbocycles. The molecule has 0 bridgehead atoms. The molecule has 1 aliphatic heterocycles. The second-order valence-corrected chi connectivity index (χ2v) is 4.68.